The van der Waals surface area contributed by atoms with Gasteiger partial charge in [0, 0.05) is 18.3 Å². The molecule has 0 aliphatic heterocycles. The summed E-state index contributed by atoms with van der Waals surface area (Å²) in [6.07, 6.45) is 1.38. The fourth-order valence-electron chi connectivity index (χ4n) is 2.31. The molecule has 0 unspecified atom stereocenters. The zero-order chi connectivity index (χ0) is 16.8. The number of amides is 1. The Bertz CT molecular complexity index is 834. The van der Waals surface area contributed by atoms with E-state index in [1.54, 1.807) is 6.07 Å². The largest absolute Gasteiger partial charge is 0.347 e. The molecule has 2 aromatic carbocycles. The van der Waals surface area contributed by atoms with Crippen molar-refractivity contribution >= 4 is 17.4 Å². The van der Waals surface area contributed by atoms with Crippen molar-refractivity contribution in [3.63, 3.8) is 0 Å². The summed E-state index contributed by atoms with van der Waals surface area (Å²) in [5, 5.41) is 6.03. The normalized spacial score (nSPS) is 10.2. The monoisotopic (exact) mass is 318 g/mol. The number of nitrogens with one attached hydrogen (secondary N) is 2. The number of anilines is 2. The number of rotatable bonds is 5. The maximum Gasteiger partial charge on any atom is 0.270 e. The summed E-state index contributed by atoms with van der Waals surface area (Å²) in [5.74, 6) is 0.354. The van der Waals surface area contributed by atoms with Crippen LogP contribution in [0, 0.1) is 6.92 Å². The van der Waals surface area contributed by atoms with Crippen LogP contribution in [0.3, 0.4) is 0 Å². The second-order valence-electron chi connectivity index (χ2n) is 5.45. The number of benzene rings is 2. The molecule has 0 bridgehead atoms. The zero-order valence-electron chi connectivity index (χ0n) is 13.4. The minimum absolute atomic E-state index is 0.227. The van der Waals surface area contributed by atoms with Gasteiger partial charge in [-0.05, 0) is 24.6 Å². The molecule has 24 heavy (non-hydrogen) atoms. The molecule has 0 saturated heterocycles. The Morgan fingerprint density at radius 1 is 1.00 bits per heavy atom. The number of carbonyl (C=O) groups is 1. The van der Waals surface area contributed by atoms with E-state index in [1.807, 2.05) is 61.5 Å². The van der Waals surface area contributed by atoms with Crippen molar-refractivity contribution in [1.29, 1.82) is 0 Å². The van der Waals surface area contributed by atoms with Gasteiger partial charge in [-0.25, -0.2) is 9.97 Å². The molecule has 1 amide bonds. The van der Waals surface area contributed by atoms with Gasteiger partial charge in [0.2, 0.25) is 0 Å². The number of aryl methyl sites for hydroxylation is 1. The quantitative estimate of drug-likeness (QED) is 0.756. The van der Waals surface area contributed by atoms with Crippen LogP contribution in [0.1, 0.15) is 21.6 Å². The summed E-state index contributed by atoms with van der Waals surface area (Å²) >= 11 is 0. The minimum Gasteiger partial charge on any atom is -0.347 e. The summed E-state index contributed by atoms with van der Waals surface area (Å²) in [5.41, 5.74) is 3.46. The van der Waals surface area contributed by atoms with Crippen LogP contribution in [-0.2, 0) is 6.54 Å². The van der Waals surface area contributed by atoms with E-state index >= 15 is 0 Å². The molecule has 5 heteroatoms. The van der Waals surface area contributed by atoms with Gasteiger partial charge >= 0.3 is 0 Å². The standard InChI is InChI=1S/C19H18N4O/c1-14-6-5-7-15(10-14)12-20-19(24)17-11-18(22-13-21-17)23-16-8-3-2-4-9-16/h2-11,13H,12H2,1H3,(H,20,24)(H,21,22,23). The molecular formula is C19H18N4O. The maximum atomic E-state index is 12.3. The molecule has 1 heterocycles. The van der Waals surface area contributed by atoms with Crippen LogP contribution in [0.4, 0.5) is 11.5 Å². The van der Waals surface area contributed by atoms with Crippen LogP contribution in [0.2, 0.25) is 0 Å². The van der Waals surface area contributed by atoms with Crippen molar-refractivity contribution in [2.24, 2.45) is 0 Å². The van der Waals surface area contributed by atoms with Gasteiger partial charge in [-0.2, -0.15) is 0 Å². The predicted octanol–water partition coefficient (Wildman–Crippen LogP) is 3.46. The molecule has 0 spiro atoms. The zero-order valence-corrected chi connectivity index (χ0v) is 13.4. The lowest BCUT2D eigenvalue weighted by Gasteiger charge is -2.08. The minimum atomic E-state index is -0.227. The smallest absolute Gasteiger partial charge is 0.270 e. The average Bonchev–Trinajstić information content (AvgIpc) is 2.61. The number of hydrogen-bond donors (Lipinski definition) is 2. The lowest BCUT2D eigenvalue weighted by atomic mass is 10.1. The van der Waals surface area contributed by atoms with E-state index in [9.17, 15) is 4.79 Å². The molecule has 0 aliphatic rings. The van der Waals surface area contributed by atoms with E-state index in [-0.39, 0.29) is 5.91 Å². The van der Waals surface area contributed by atoms with E-state index in [4.69, 9.17) is 0 Å². The van der Waals surface area contributed by atoms with Gasteiger partial charge in [0.25, 0.3) is 5.91 Å². The van der Waals surface area contributed by atoms with Crippen molar-refractivity contribution in [2.45, 2.75) is 13.5 Å². The van der Waals surface area contributed by atoms with Gasteiger partial charge in [-0.15, -0.1) is 0 Å². The van der Waals surface area contributed by atoms with Gasteiger partial charge in [0.15, 0.2) is 0 Å². The number of nitrogens with zero attached hydrogens (tertiary/aromatic N) is 2. The lowest BCUT2D eigenvalue weighted by Crippen LogP contribution is -2.24. The first-order chi connectivity index (χ1) is 11.7. The first kappa shape index (κ1) is 15.7. The third-order valence-electron chi connectivity index (χ3n) is 3.48. The Morgan fingerprint density at radius 2 is 1.83 bits per heavy atom. The fraction of sp³-hybridized carbons (Fsp3) is 0.105. The molecule has 3 aromatic rings. The fourth-order valence-corrected chi connectivity index (χ4v) is 2.31. The van der Waals surface area contributed by atoms with Crippen molar-refractivity contribution in [3.05, 3.63) is 83.8 Å². The Hall–Kier alpha value is -3.21. The molecule has 5 nitrogen and oxygen atoms in total. The van der Waals surface area contributed by atoms with Crippen LogP contribution < -0.4 is 10.6 Å². The summed E-state index contributed by atoms with van der Waals surface area (Å²) in [4.78, 5) is 20.5. The van der Waals surface area contributed by atoms with Gasteiger partial charge in [0.05, 0.1) is 0 Å². The van der Waals surface area contributed by atoms with Crippen molar-refractivity contribution in [3.8, 4) is 0 Å². The van der Waals surface area contributed by atoms with E-state index in [1.165, 1.54) is 6.33 Å². The average molecular weight is 318 g/mol. The second kappa shape index (κ2) is 7.37. The summed E-state index contributed by atoms with van der Waals surface area (Å²) < 4.78 is 0. The van der Waals surface area contributed by atoms with E-state index in [0.29, 0.717) is 18.1 Å². The molecule has 3 rings (SSSR count). The molecule has 2 N–H and O–H groups in total. The molecule has 0 saturated carbocycles. The second-order valence-corrected chi connectivity index (χ2v) is 5.45. The number of para-hydroxylation sites is 1. The van der Waals surface area contributed by atoms with Gasteiger partial charge in [-0.1, -0.05) is 48.0 Å². The lowest BCUT2D eigenvalue weighted by molar-refractivity contribution is 0.0946. The highest BCUT2D eigenvalue weighted by atomic mass is 16.1. The van der Waals surface area contributed by atoms with Crippen molar-refractivity contribution < 1.29 is 4.79 Å². The Labute approximate surface area is 140 Å². The highest BCUT2D eigenvalue weighted by Crippen LogP contribution is 2.13. The van der Waals surface area contributed by atoms with Crippen LogP contribution in [0.15, 0.2) is 67.0 Å². The van der Waals surface area contributed by atoms with Crippen LogP contribution in [-0.4, -0.2) is 15.9 Å². The first-order valence-electron chi connectivity index (χ1n) is 7.68. The highest BCUT2D eigenvalue weighted by Gasteiger charge is 2.08. The topological polar surface area (TPSA) is 66.9 Å². The molecule has 0 fully saturated rings. The molecular weight excluding hydrogens is 300 g/mol. The van der Waals surface area contributed by atoms with Gasteiger partial charge in [-0.3, -0.25) is 4.79 Å². The number of hydrogen-bond acceptors (Lipinski definition) is 4. The SMILES string of the molecule is Cc1cccc(CNC(=O)c2cc(Nc3ccccc3)ncn2)c1. The van der Waals surface area contributed by atoms with Crippen molar-refractivity contribution in [1.82, 2.24) is 15.3 Å². The van der Waals surface area contributed by atoms with Crippen LogP contribution in [0.5, 0.6) is 0 Å². The summed E-state index contributed by atoms with van der Waals surface area (Å²) in [7, 11) is 0. The predicted molar refractivity (Wildman–Crippen MR) is 94.1 cm³/mol. The molecule has 0 atom stereocenters. The maximum absolute atomic E-state index is 12.3. The summed E-state index contributed by atoms with van der Waals surface area (Å²) in [6, 6.07) is 19.3. The Balaban J connectivity index is 1.66. The van der Waals surface area contributed by atoms with Gasteiger partial charge in [0.1, 0.15) is 17.8 Å². The van der Waals surface area contributed by atoms with Gasteiger partial charge < -0.3 is 10.6 Å². The van der Waals surface area contributed by atoms with E-state index in [0.717, 1.165) is 16.8 Å². The summed E-state index contributed by atoms with van der Waals surface area (Å²) in [6.45, 7) is 2.49. The van der Waals surface area contributed by atoms with Crippen LogP contribution in [0.25, 0.3) is 0 Å². The molecule has 0 radical (unpaired) electrons. The Morgan fingerprint density at radius 3 is 2.62 bits per heavy atom. The number of carbonyl (C=O) groups excluding carboxylic acids is 1. The third kappa shape index (κ3) is 4.16. The van der Waals surface area contributed by atoms with Crippen molar-refractivity contribution in [2.75, 3.05) is 5.32 Å². The van der Waals surface area contributed by atoms with E-state index in [2.05, 4.69) is 20.6 Å². The Kier molecular flexibility index (Phi) is 4.81. The number of aromatic nitrogens is 2. The molecule has 1 aromatic heterocycles. The first-order valence-corrected chi connectivity index (χ1v) is 7.68. The highest BCUT2D eigenvalue weighted by molar-refractivity contribution is 5.92. The van der Waals surface area contributed by atoms with Crippen LogP contribution >= 0.6 is 0 Å². The van der Waals surface area contributed by atoms with E-state index < -0.39 is 0 Å². The molecule has 120 valence electrons. The molecule has 0 aliphatic carbocycles. The third-order valence-corrected chi connectivity index (χ3v) is 3.48.